The summed E-state index contributed by atoms with van der Waals surface area (Å²) in [5.74, 6) is 0.802. The first-order chi connectivity index (χ1) is 17.4. The van der Waals surface area contributed by atoms with E-state index in [1.807, 2.05) is 6.92 Å². The van der Waals surface area contributed by atoms with Gasteiger partial charge in [0, 0.05) is 18.7 Å². The molecule has 0 spiro atoms. The van der Waals surface area contributed by atoms with Crippen LogP contribution in [0.3, 0.4) is 0 Å². The number of ketones is 1. The highest BCUT2D eigenvalue weighted by Crippen LogP contribution is 2.38. The van der Waals surface area contributed by atoms with E-state index in [2.05, 4.69) is 13.2 Å². The van der Waals surface area contributed by atoms with Gasteiger partial charge in [0.2, 0.25) is 0 Å². The summed E-state index contributed by atoms with van der Waals surface area (Å²) < 4.78 is 32.9. The van der Waals surface area contributed by atoms with Gasteiger partial charge < -0.3 is 28.4 Å². The Labute approximate surface area is 212 Å². The van der Waals surface area contributed by atoms with Gasteiger partial charge in [0.05, 0.1) is 32.8 Å². The van der Waals surface area contributed by atoms with Crippen LogP contribution in [0.1, 0.15) is 34.0 Å². The lowest BCUT2D eigenvalue weighted by atomic mass is 9.90. The minimum absolute atomic E-state index is 0.135. The molecule has 0 radical (unpaired) electrons. The molecule has 2 rings (SSSR count). The van der Waals surface area contributed by atoms with E-state index < -0.39 is 5.97 Å². The number of esters is 1. The highest BCUT2D eigenvalue weighted by molar-refractivity contribution is 6.13. The van der Waals surface area contributed by atoms with E-state index in [0.29, 0.717) is 47.0 Å². The van der Waals surface area contributed by atoms with Gasteiger partial charge in [0.15, 0.2) is 17.3 Å². The second-order valence-electron chi connectivity index (χ2n) is 7.55. The van der Waals surface area contributed by atoms with Gasteiger partial charge in [-0.05, 0) is 35.7 Å². The van der Waals surface area contributed by atoms with Crippen molar-refractivity contribution in [1.29, 1.82) is 0 Å². The van der Waals surface area contributed by atoms with Crippen molar-refractivity contribution in [3.63, 3.8) is 0 Å². The molecule has 0 atom stereocenters. The van der Waals surface area contributed by atoms with Crippen LogP contribution in [0.5, 0.6) is 23.0 Å². The van der Waals surface area contributed by atoms with Gasteiger partial charge in [0.1, 0.15) is 31.3 Å². The summed E-state index contributed by atoms with van der Waals surface area (Å²) in [5.41, 5.74) is 1.77. The average molecular weight is 499 g/mol. The molecule has 0 aliphatic rings. The van der Waals surface area contributed by atoms with E-state index >= 15 is 0 Å². The number of hydrogen-bond donors (Lipinski definition) is 0. The molecule has 0 N–H and O–H groups in total. The van der Waals surface area contributed by atoms with Gasteiger partial charge in [-0.25, -0.2) is 0 Å². The number of ether oxygens (including phenoxy) is 6. The van der Waals surface area contributed by atoms with E-state index in [0.717, 1.165) is 0 Å². The molecular weight excluding hydrogens is 464 g/mol. The summed E-state index contributed by atoms with van der Waals surface area (Å²) in [7, 11) is 4.39. The zero-order valence-corrected chi connectivity index (χ0v) is 21.4. The lowest BCUT2D eigenvalue weighted by molar-refractivity contribution is -0.139. The molecule has 0 aliphatic carbocycles. The van der Waals surface area contributed by atoms with Crippen LogP contribution in [0.4, 0.5) is 0 Å². The van der Waals surface area contributed by atoms with Gasteiger partial charge in [-0.15, -0.1) is 0 Å². The van der Waals surface area contributed by atoms with Crippen molar-refractivity contribution in [2.45, 2.75) is 19.8 Å². The fourth-order valence-corrected chi connectivity index (χ4v) is 3.62. The Morgan fingerprint density at radius 1 is 0.833 bits per heavy atom. The van der Waals surface area contributed by atoms with Gasteiger partial charge in [-0.1, -0.05) is 32.2 Å². The predicted molar refractivity (Wildman–Crippen MR) is 137 cm³/mol. The summed E-state index contributed by atoms with van der Waals surface area (Å²) in [6.07, 6.45) is 3.56. The lowest BCUT2D eigenvalue weighted by Gasteiger charge is -2.21. The Balaban J connectivity index is 2.73. The summed E-state index contributed by atoms with van der Waals surface area (Å²) in [6.45, 7) is 10.4. The van der Waals surface area contributed by atoms with Crippen LogP contribution in [0, 0.1) is 0 Å². The van der Waals surface area contributed by atoms with E-state index in [4.69, 9.17) is 28.4 Å². The zero-order valence-electron chi connectivity index (χ0n) is 21.4. The second-order valence-corrected chi connectivity index (χ2v) is 7.55. The number of benzene rings is 2. The molecule has 0 unspecified atom stereocenters. The van der Waals surface area contributed by atoms with Gasteiger partial charge >= 0.3 is 5.97 Å². The third kappa shape index (κ3) is 7.11. The largest absolute Gasteiger partial charge is 0.493 e. The number of rotatable bonds is 16. The summed E-state index contributed by atoms with van der Waals surface area (Å²) in [6, 6.07) is 6.56. The van der Waals surface area contributed by atoms with E-state index in [1.54, 1.807) is 43.5 Å². The molecule has 2 aromatic rings. The fourth-order valence-electron chi connectivity index (χ4n) is 3.62. The maximum Gasteiger partial charge on any atom is 0.310 e. The maximum absolute atomic E-state index is 14.0. The molecule has 0 bridgehead atoms. The van der Waals surface area contributed by atoms with Gasteiger partial charge in [-0.3, -0.25) is 9.59 Å². The Morgan fingerprint density at radius 2 is 1.53 bits per heavy atom. The normalized spacial score (nSPS) is 10.3. The van der Waals surface area contributed by atoms with E-state index in [1.165, 1.54) is 14.2 Å². The minimum atomic E-state index is -0.493. The first-order valence-electron chi connectivity index (χ1n) is 11.5. The topological polar surface area (TPSA) is 89.5 Å². The molecule has 0 amide bonds. The predicted octanol–water partition coefficient (Wildman–Crippen LogP) is 4.36. The summed E-state index contributed by atoms with van der Waals surface area (Å²) >= 11 is 0. The van der Waals surface area contributed by atoms with Crippen molar-refractivity contribution in [3.8, 4) is 23.0 Å². The molecule has 0 saturated carbocycles. The SMILES string of the molecule is C=CCOc1cc(OCC=C)c(C(=O)c2ccc(OC)c(OCCOC)c2)c(CC(=O)OC)c1CC. The smallest absolute Gasteiger partial charge is 0.310 e. The lowest BCUT2D eigenvalue weighted by Crippen LogP contribution is -2.17. The van der Waals surface area contributed by atoms with Crippen molar-refractivity contribution in [1.82, 2.24) is 0 Å². The van der Waals surface area contributed by atoms with Gasteiger partial charge in [0.25, 0.3) is 0 Å². The molecule has 194 valence electrons. The molecule has 36 heavy (non-hydrogen) atoms. The maximum atomic E-state index is 14.0. The molecule has 0 saturated heterocycles. The van der Waals surface area contributed by atoms with Crippen LogP contribution in [-0.2, 0) is 27.1 Å². The third-order valence-corrected chi connectivity index (χ3v) is 5.29. The molecule has 8 heteroatoms. The number of methoxy groups -OCH3 is 3. The summed E-state index contributed by atoms with van der Waals surface area (Å²) in [5, 5.41) is 0. The van der Waals surface area contributed by atoms with Crippen molar-refractivity contribution in [3.05, 3.63) is 71.8 Å². The molecular formula is C28H34O8. The van der Waals surface area contributed by atoms with Crippen LogP contribution in [0.25, 0.3) is 0 Å². The van der Waals surface area contributed by atoms with Crippen molar-refractivity contribution >= 4 is 11.8 Å². The highest BCUT2D eigenvalue weighted by Gasteiger charge is 2.27. The first kappa shape index (κ1) is 28.5. The molecule has 0 heterocycles. The van der Waals surface area contributed by atoms with Crippen LogP contribution in [-0.4, -0.2) is 59.5 Å². The van der Waals surface area contributed by atoms with Crippen LogP contribution >= 0.6 is 0 Å². The average Bonchev–Trinajstić information content (AvgIpc) is 2.90. The van der Waals surface area contributed by atoms with Crippen molar-refractivity contribution < 1.29 is 38.0 Å². The zero-order chi connectivity index (χ0) is 26.5. The summed E-state index contributed by atoms with van der Waals surface area (Å²) in [4.78, 5) is 26.4. The van der Waals surface area contributed by atoms with E-state index in [9.17, 15) is 9.59 Å². The van der Waals surface area contributed by atoms with Gasteiger partial charge in [-0.2, -0.15) is 0 Å². The Morgan fingerprint density at radius 3 is 2.11 bits per heavy atom. The van der Waals surface area contributed by atoms with Crippen LogP contribution in [0.15, 0.2) is 49.6 Å². The highest BCUT2D eigenvalue weighted by atomic mass is 16.5. The Bertz CT molecular complexity index is 1070. The van der Waals surface area contributed by atoms with Crippen LogP contribution in [0.2, 0.25) is 0 Å². The Hall–Kier alpha value is -3.78. The van der Waals surface area contributed by atoms with E-state index in [-0.39, 0.29) is 43.3 Å². The second kappa shape index (κ2) is 14.6. The van der Waals surface area contributed by atoms with Crippen molar-refractivity contribution in [2.24, 2.45) is 0 Å². The number of carbonyl (C=O) groups is 2. The van der Waals surface area contributed by atoms with Crippen molar-refractivity contribution in [2.75, 3.05) is 47.8 Å². The molecule has 0 fully saturated rings. The fraction of sp³-hybridized carbons (Fsp3) is 0.357. The molecule has 8 nitrogen and oxygen atoms in total. The third-order valence-electron chi connectivity index (χ3n) is 5.29. The molecule has 0 aromatic heterocycles. The molecule has 0 aliphatic heterocycles. The monoisotopic (exact) mass is 498 g/mol. The quantitative estimate of drug-likeness (QED) is 0.146. The standard InChI is InChI=1S/C28H34O8/c1-7-12-34-23-18-25(35-13-8-2)27(21(20(23)9-3)17-26(29)33-6)28(30)19-10-11-22(32-5)24(16-19)36-15-14-31-4/h7-8,10-11,16,18H,1-2,9,12-15,17H2,3-6H3. The number of carbonyl (C=O) groups excluding carboxylic acids is 2. The minimum Gasteiger partial charge on any atom is -0.493 e. The molecule has 2 aromatic carbocycles. The van der Waals surface area contributed by atoms with Crippen LogP contribution < -0.4 is 18.9 Å². The Kier molecular flexibility index (Phi) is 11.5. The first-order valence-corrected chi connectivity index (χ1v) is 11.5. The number of hydrogen-bond acceptors (Lipinski definition) is 8.